The van der Waals surface area contributed by atoms with Gasteiger partial charge in [0.2, 0.25) is 0 Å². The monoisotopic (exact) mass is 317 g/mol. The van der Waals surface area contributed by atoms with Gasteiger partial charge in [-0.1, -0.05) is 13.8 Å². The van der Waals surface area contributed by atoms with Crippen molar-refractivity contribution < 1.29 is 5.11 Å². The van der Waals surface area contributed by atoms with Crippen LogP contribution in [0.25, 0.3) is 17.0 Å². The molecule has 116 valence electrons. The summed E-state index contributed by atoms with van der Waals surface area (Å²) < 4.78 is 1.74. The minimum Gasteiger partial charge on any atom is -0.393 e. The van der Waals surface area contributed by atoms with Gasteiger partial charge in [0.05, 0.1) is 6.10 Å². The van der Waals surface area contributed by atoms with Crippen LogP contribution in [0.15, 0.2) is 29.0 Å². The summed E-state index contributed by atoms with van der Waals surface area (Å²) in [5, 5.41) is 30.0. The van der Waals surface area contributed by atoms with Gasteiger partial charge in [-0.05, 0) is 35.9 Å². The molecule has 0 bridgehead atoms. The molecule has 1 atom stereocenters. The third-order valence-electron chi connectivity index (χ3n) is 3.56. The van der Waals surface area contributed by atoms with E-state index in [9.17, 15) is 5.11 Å². The Hall–Kier alpha value is -1.99. The van der Waals surface area contributed by atoms with E-state index in [4.69, 9.17) is 0 Å². The maximum atomic E-state index is 9.83. The van der Waals surface area contributed by atoms with Gasteiger partial charge < -0.3 is 10.4 Å². The van der Waals surface area contributed by atoms with Crippen molar-refractivity contribution in [3.8, 4) is 11.4 Å². The lowest BCUT2D eigenvalue weighted by Gasteiger charge is -2.14. The molecule has 0 fully saturated rings. The van der Waals surface area contributed by atoms with E-state index >= 15 is 0 Å². The number of nitrogens with one attached hydrogen (secondary N) is 1. The van der Waals surface area contributed by atoms with Crippen molar-refractivity contribution in [3.63, 3.8) is 0 Å². The van der Waals surface area contributed by atoms with Gasteiger partial charge >= 0.3 is 0 Å². The molecular formula is C15H19N5OS. The molecule has 22 heavy (non-hydrogen) atoms. The molecule has 0 aliphatic rings. The van der Waals surface area contributed by atoms with Crippen LogP contribution in [-0.4, -0.2) is 37.6 Å². The van der Waals surface area contributed by atoms with Crippen molar-refractivity contribution >= 4 is 22.8 Å². The third-order valence-corrected chi connectivity index (χ3v) is 4.24. The smallest absolute Gasteiger partial charge is 0.186 e. The van der Waals surface area contributed by atoms with Gasteiger partial charge in [-0.3, -0.25) is 0 Å². The molecule has 3 rings (SSSR count). The molecule has 0 aliphatic carbocycles. The second kappa shape index (κ2) is 6.41. The first-order valence-electron chi connectivity index (χ1n) is 7.32. The van der Waals surface area contributed by atoms with Crippen LogP contribution in [0.4, 0.5) is 5.82 Å². The average Bonchev–Trinajstić information content (AvgIpc) is 3.15. The molecule has 3 heterocycles. The number of nitrogens with zero attached hydrogens (tertiary/aromatic N) is 4. The molecule has 0 saturated carbocycles. The summed E-state index contributed by atoms with van der Waals surface area (Å²) in [6.07, 6.45) is 0.393. The molecule has 7 heteroatoms. The summed E-state index contributed by atoms with van der Waals surface area (Å²) in [6.45, 7) is 4.70. The second-order valence-corrected chi connectivity index (χ2v) is 6.33. The molecule has 6 nitrogen and oxygen atoms in total. The van der Waals surface area contributed by atoms with Gasteiger partial charge in [0.25, 0.3) is 0 Å². The van der Waals surface area contributed by atoms with Crippen LogP contribution >= 0.6 is 11.3 Å². The SMILES string of the molecule is CC(C)C(O)CCNc1ccc2nnc(-c3ccsc3)n2n1. The lowest BCUT2D eigenvalue weighted by molar-refractivity contribution is 0.120. The molecule has 0 aromatic carbocycles. The minimum absolute atomic E-state index is 0.264. The molecule has 0 saturated heterocycles. The Bertz CT molecular complexity index is 738. The van der Waals surface area contributed by atoms with Crippen molar-refractivity contribution in [1.82, 2.24) is 19.8 Å². The number of hydrogen-bond donors (Lipinski definition) is 2. The van der Waals surface area contributed by atoms with Gasteiger partial charge in [-0.15, -0.1) is 15.3 Å². The Balaban J connectivity index is 1.76. The maximum Gasteiger partial charge on any atom is 0.186 e. The number of aliphatic hydroxyl groups is 1. The largest absolute Gasteiger partial charge is 0.393 e. The lowest BCUT2D eigenvalue weighted by atomic mass is 10.0. The van der Waals surface area contributed by atoms with E-state index in [1.807, 2.05) is 42.8 Å². The highest BCUT2D eigenvalue weighted by Crippen LogP contribution is 2.20. The van der Waals surface area contributed by atoms with E-state index in [1.54, 1.807) is 15.9 Å². The first-order chi connectivity index (χ1) is 10.6. The fourth-order valence-corrected chi connectivity index (χ4v) is 2.77. The van der Waals surface area contributed by atoms with Crippen molar-refractivity contribution in [2.75, 3.05) is 11.9 Å². The third kappa shape index (κ3) is 3.10. The van der Waals surface area contributed by atoms with Crippen molar-refractivity contribution in [2.45, 2.75) is 26.4 Å². The molecule has 0 amide bonds. The first-order valence-corrected chi connectivity index (χ1v) is 8.26. The summed E-state index contributed by atoms with van der Waals surface area (Å²) in [5.41, 5.74) is 1.73. The molecular weight excluding hydrogens is 298 g/mol. The van der Waals surface area contributed by atoms with Gasteiger partial charge in [-0.25, -0.2) is 0 Å². The molecule has 0 spiro atoms. The Labute approximate surface area is 132 Å². The van der Waals surface area contributed by atoms with Crippen LogP contribution in [-0.2, 0) is 0 Å². The summed E-state index contributed by atoms with van der Waals surface area (Å²) in [5.74, 6) is 1.75. The lowest BCUT2D eigenvalue weighted by Crippen LogP contribution is -2.19. The Morgan fingerprint density at radius 1 is 1.27 bits per heavy atom. The number of anilines is 1. The van der Waals surface area contributed by atoms with E-state index in [0.29, 0.717) is 18.6 Å². The quantitative estimate of drug-likeness (QED) is 0.731. The summed E-state index contributed by atoms with van der Waals surface area (Å²) in [4.78, 5) is 0. The van der Waals surface area contributed by atoms with E-state index in [-0.39, 0.29) is 12.0 Å². The number of thiophene rings is 1. The number of aliphatic hydroxyl groups excluding tert-OH is 1. The Kier molecular flexibility index (Phi) is 4.35. The molecule has 3 aromatic rings. The van der Waals surface area contributed by atoms with Gasteiger partial charge in [0.15, 0.2) is 11.5 Å². The average molecular weight is 317 g/mol. The van der Waals surface area contributed by atoms with Crippen LogP contribution in [0.3, 0.4) is 0 Å². The van der Waals surface area contributed by atoms with Crippen LogP contribution in [0.5, 0.6) is 0 Å². The number of rotatable bonds is 6. The predicted octanol–water partition coefficient (Wildman–Crippen LogP) is 2.67. The van der Waals surface area contributed by atoms with Crippen molar-refractivity contribution in [3.05, 3.63) is 29.0 Å². The second-order valence-electron chi connectivity index (χ2n) is 5.55. The highest BCUT2D eigenvalue weighted by Gasteiger charge is 2.11. The fourth-order valence-electron chi connectivity index (χ4n) is 2.14. The van der Waals surface area contributed by atoms with Gasteiger partial charge in [0, 0.05) is 17.5 Å². The van der Waals surface area contributed by atoms with E-state index in [2.05, 4.69) is 20.6 Å². The molecule has 0 radical (unpaired) electrons. The zero-order chi connectivity index (χ0) is 15.5. The highest BCUT2D eigenvalue weighted by atomic mass is 32.1. The van der Waals surface area contributed by atoms with Crippen LogP contribution in [0.2, 0.25) is 0 Å². The van der Waals surface area contributed by atoms with E-state index in [0.717, 1.165) is 17.2 Å². The zero-order valence-electron chi connectivity index (χ0n) is 12.6. The van der Waals surface area contributed by atoms with Crippen LogP contribution in [0.1, 0.15) is 20.3 Å². The van der Waals surface area contributed by atoms with Gasteiger partial charge in [0.1, 0.15) is 5.82 Å². The van der Waals surface area contributed by atoms with E-state index in [1.165, 1.54) is 0 Å². The van der Waals surface area contributed by atoms with Crippen molar-refractivity contribution in [2.24, 2.45) is 5.92 Å². The number of aromatic nitrogens is 4. The molecule has 3 aromatic heterocycles. The van der Waals surface area contributed by atoms with Crippen LogP contribution < -0.4 is 5.32 Å². The zero-order valence-corrected chi connectivity index (χ0v) is 13.4. The van der Waals surface area contributed by atoms with E-state index < -0.39 is 0 Å². The minimum atomic E-state index is -0.299. The van der Waals surface area contributed by atoms with Crippen molar-refractivity contribution in [1.29, 1.82) is 0 Å². The highest BCUT2D eigenvalue weighted by molar-refractivity contribution is 7.08. The summed E-state index contributed by atoms with van der Waals surface area (Å²) >= 11 is 1.62. The van der Waals surface area contributed by atoms with Gasteiger partial charge in [-0.2, -0.15) is 15.9 Å². The number of hydrogen-bond acceptors (Lipinski definition) is 6. The summed E-state index contributed by atoms with van der Waals surface area (Å²) in [6, 6.07) is 5.77. The Morgan fingerprint density at radius 2 is 2.14 bits per heavy atom. The Morgan fingerprint density at radius 3 is 2.86 bits per heavy atom. The predicted molar refractivity (Wildman–Crippen MR) is 88.0 cm³/mol. The standard InChI is InChI=1S/C15H19N5OS/c1-10(2)12(21)5-7-16-13-3-4-14-17-18-15(20(14)19-13)11-6-8-22-9-11/h3-4,6,8-10,12,21H,5,7H2,1-2H3,(H,16,19). The number of fused-ring (bicyclic) bond motifs is 1. The first kappa shape index (κ1) is 14.9. The summed E-state index contributed by atoms with van der Waals surface area (Å²) in [7, 11) is 0. The molecule has 0 aliphatic heterocycles. The fraction of sp³-hybridized carbons (Fsp3) is 0.400. The normalized spacial score (nSPS) is 12.9. The maximum absolute atomic E-state index is 9.83. The molecule has 2 N–H and O–H groups in total. The van der Waals surface area contributed by atoms with Crippen LogP contribution in [0, 0.1) is 5.92 Å². The molecule has 1 unspecified atom stereocenters. The topological polar surface area (TPSA) is 75.3 Å².